The summed E-state index contributed by atoms with van der Waals surface area (Å²) in [5, 5.41) is 0.0267. The van der Waals surface area contributed by atoms with E-state index in [1.807, 2.05) is 18.7 Å². The summed E-state index contributed by atoms with van der Waals surface area (Å²) in [6.07, 6.45) is 0.0604. The van der Waals surface area contributed by atoms with Gasteiger partial charge in [-0.15, -0.1) is 0 Å². The topological polar surface area (TPSA) is 58.8 Å². The average molecular weight is 516 g/mol. The maximum absolute atomic E-state index is 13.4. The Labute approximate surface area is 209 Å². The van der Waals surface area contributed by atoms with Crippen molar-refractivity contribution in [3.05, 3.63) is 46.3 Å². The van der Waals surface area contributed by atoms with Crippen molar-refractivity contribution >= 4 is 24.1 Å². The highest BCUT2D eigenvalue weighted by molar-refractivity contribution is 6.30. The fourth-order valence-corrected chi connectivity index (χ4v) is 5.47. The van der Waals surface area contributed by atoms with Gasteiger partial charge in [-0.05, 0) is 70.2 Å². The van der Waals surface area contributed by atoms with Crippen LogP contribution in [-0.2, 0) is 22.3 Å². The maximum atomic E-state index is 13.4. The molecule has 6 nitrogen and oxygen atoms in total. The third-order valence-corrected chi connectivity index (χ3v) is 6.93. The molecule has 1 aliphatic heterocycles. The van der Waals surface area contributed by atoms with E-state index in [9.17, 15) is 18.0 Å². The van der Waals surface area contributed by atoms with Crippen LogP contribution in [0, 0.1) is 6.92 Å². The number of likely N-dealkylation sites (tertiary alicyclic amines) is 1. The standard InChI is InChI=1S/C25H33ClF3N3O3/c1-6-20-11-22(12-21(7-2)32(20)24(4,5)35-15-33)31(23-30-16(3)14-34-23)13-17-8-18(25(27,28)29)10-19(26)9-17/h8-10,14-15,20-22H,6-7,11-13H2,1-5H3. The zero-order valence-corrected chi connectivity index (χ0v) is 21.5. The number of carbonyl (C=O) groups excluding carboxylic acids is 1. The molecular weight excluding hydrogens is 483 g/mol. The Kier molecular flexibility index (Phi) is 8.42. The highest BCUT2D eigenvalue weighted by Crippen LogP contribution is 2.38. The van der Waals surface area contributed by atoms with Crippen LogP contribution in [0.2, 0.25) is 5.02 Å². The quantitative estimate of drug-likeness (QED) is 0.351. The van der Waals surface area contributed by atoms with Crippen LogP contribution in [0.3, 0.4) is 0 Å². The van der Waals surface area contributed by atoms with Gasteiger partial charge in [-0.1, -0.05) is 25.4 Å². The van der Waals surface area contributed by atoms with E-state index >= 15 is 0 Å². The Morgan fingerprint density at radius 3 is 2.31 bits per heavy atom. The van der Waals surface area contributed by atoms with E-state index in [1.165, 1.54) is 6.26 Å². The lowest BCUT2D eigenvalue weighted by molar-refractivity contribution is -0.181. The zero-order valence-electron chi connectivity index (χ0n) is 20.7. The lowest BCUT2D eigenvalue weighted by atomic mass is 9.85. The van der Waals surface area contributed by atoms with Gasteiger partial charge in [-0.3, -0.25) is 9.69 Å². The lowest BCUT2D eigenvalue weighted by Gasteiger charge is -2.52. The number of ether oxygens (including phenoxy) is 1. The van der Waals surface area contributed by atoms with Gasteiger partial charge >= 0.3 is 6.18 Å². The fraction of sp³-hybridized carbons (Fsp3) is 0.600. The largest absolute Gasteiger partial charge is 0.446 e. The molecule has 1 fully saturated rings. The predicted molar refractivity (Wildman–Crippen MR) is 128 cm³/mol. The first-order chi connectivity index (χ1) is 16.4. The van der Waals surface area contributed by atoms with Crippen LogP contribution < -0.4 is 4.90 Å². The van der Waals surface area contributed by atoms with Gasteiger partial charge in [0.2, 0.25) is 0 Å². The average Bonchev–Trinajstić information content (AvgIpc) is 3.21. The van der Waals surface area contributed by atoms with Crippen molar-refractivity contribution < 1.29 is 27.1 Å². The first-order valence-electron chi connectivity index (χ1n) is 11.8. The number of hydrogen-bond acceptors (Lipinski definition) is 6. The molecule has 2 unspecified atom stereocenters. The summed E-state index contributed by atoms with van der Waals surface area (Å²) in [5.74, 6) is 0. The SMILES string of the molecule is CCC1CC(N(Cc2cc(Cl)cc(C(F)(F)F)c2)c2nc(C)co2)CC(CC)N1C(C)(C)OC=O. The third kappa shape index (κ3) is 6.30. The Bertz CT molecular complexity index is 997. The van der Waals surface area contributed by atoms with Crippen molar-refractivity contribution in [1.82, 2.24) is 9.88 Å². The second-order valence-corrected chi connectivity index (χ2v) is 10.00. The summed E-state index contributed by atoms with van der Waals surface area (Å²) in [6.45, 7) is 10.4. The summed E-state index contributed by atoms with van der Waals surface area (Å²) in [5.41, 5.74) is -0.464. The molecule has 3 rings (SSSR count). The fourth-order valence-electron chi connectivity index (χ4n) is 5.22. The summed E-state index contributed by atoms with van der Waals surface area (Å²) in [4.78, 5) is 19.9. The Hall–Kier alpha value is -2.26. The summed E-state index contributed by atoms with van der Waals surface area (Å²) < 4.78 is 51.5. The van der Waals surface area contributed by atoms with E-state index in [-0.39, 0.29) is 29.7 Å². The molecule has 35 heavy (non-hydrogen) atoms. The molecule has 0 bridgehead atoms. The number of nitrogens with zero attached hydrogens (tertiary/aromatic N) is 3. The Balaban J connectivity index is 1.98. The zero-order chi connectivity index (χ0) is 26.0. The third-order valence-electron chi connectivity index (χ3n) is 6.71. The van der Waals surface area contributed by atoms with Crippen molar-refractivity contribution in [2.75, 3.05) is 4.90 Å². The van der Waals surface area contributed by atoms with E-state index in [1.54, 1.807) is 13.0 Å². The second-order valence-electron chi connectivity index (χ2n) is 9.56. The van der Waals surface area contributed by atoms with Crippen molar-refractivity contribution in [3.63, 3.8) is 0 Å². The number of carbonyl (C=O) groups is 1. The smallest absolute Gasteiger partial charge is 0.416 e. The van der Waals surface area contributed by atoms with Gasteiger partial charge in [0.1, 0.15) is 6.26 Å². The second kappa shape index (κ2) is 10.8. The molecule has 0 N–H and O–H groups in total. The maximum Gasteiger partial charge on any atom is 0.416 e. The summed E-state index contributed by atoms with van der Waals surface area (Å²) in [6, 6.07) is 4.07. The van der Waals surface area contributed by atoms with Gasteiger partial charge in [0.25, 0.3) is 12.5 Å². The molecule has 0 aliphatic carbocycles. The minimum Gasteiger partial charge on any atom is -0.446 e. The number of oxazole rings is 1. The van der Waals surface area contributed by atoms with E-state index in [0.29, 0.717) is 36.6 Å². The van der Waals surface area contributed by atoms with Gasteiger partial charge in [0.15, 0.2) is 5.72 Å². The number of aryl methyl sites for hydroxylation is 1. The van der Waals surface area contributed by atoms with Crippen LogP contribution in [0.5, 0.6) is 0 Å². The molecule has 194 valence electrons. The molecule has 2 aromatic rings. The summed E-state index contributed by atoms with van der Waals surface area (Å²) >= 11 is 6.06. The van der Waals surface area contributed by atoms with E-state index < -0.39 is 17.5 Å². The Morgan fingerprint density at radius 2 is 1.83 bits per heavy atom. The molecule has 1 aromatic carbocycles. The molecule has 0 radical (unpaired) electrons. The van der Waals surface area contributed by atoms with E-state index in [4.69, 9.17) is 20.8 Å². The summed E-state index contributed by atoms with van der Waals surface area (Å²) in [7, 11) is 0. The molecule has 2 heterocycles. The van der Waals surface area contributed by atoms with Crippen LogP contribution in [0.25, 0.3) is 0 Å². The molecule has 1 saturated heterocycles. The minimum absolute atomic E-state index is 0.0267. The normalized spacial score (nSPS) is 21.7. The molecule has 10 heteroatoms. The highest BCUT2D eigenvalue weighted by Gasteiger charge is 2.45. The number of anilines is 1. The molecule has 0 amide bonds. The molecule has 0 spiro atoms. The van der Waals surface area contributed by atoms with Crippen LogP contribution >= 0.6 is 11.6 Å². The van der Waals surface area contributed by atoms with Gasteiger partial charge in [-0.2, -0.15) is 18.2 Å². The van der Waals surface area contributed by atoms with Crippen molar-refractivity contribution in [1.29, 1.82) is 0 Å². The Morgan fingerprint density at radius 1 is 1.20 bits per heavy atom. The van der Waals surface area contributed by atoms with Gasteiger partial charge in [-0.25, -0.2) is 0 Å². The first kappa shape index (κ1) is 27.3. The van der Waals surface area contributed by atoms with E-state index in [2.05, 4.69) is 23.7 Å². The highest BCUT2D eigenvalue weighted by atomic mass is 35.5. The number of piperidine rings is 1. The molecule has 1 aliphatic rings. The number of alkyl halides is 3. The van der Waals surface area contributed by atoms with Crippen LogP contribution in [-0.4, -0.2) is 40.2 Å². The van der Waals surface area contributed by atoms with Crippen molar-refractivity contribution in [2.24, 2.45) is 0 Å². The lowest BCUT2D eigenvalue weighted by Crippen LogP contribution is -2.62. The predicted octanol–water partition coefficient (Wildman–Crippen LogP) is 6.59. The molecule has 2 atom stereocenters. The minimum atomic E-state index is -4.50. The van der Waals surface area contributed by atoms with Crippen LogP contribution in [0.15, 0.2) is 28.9 Å². The van der Waals surface area contributed by atoms with Crippen molar-refractivity contribution in [3.8, 4) is 0 Å². The van der Waals surface area contributed by atoms with Gasteiger partial charge < -0.3 is 14.1 Å². The number of hydrogen-bond donors (Lipinski definition) is 0. The number of benzene rings is 1. The monoisotopic (exact) mass is 515 g/mol. The van der Waals surface area contributed by atoms with Gasteiger partial charge in [0, 0.05) is 29.7 Å². The number of rotatable bonds is 9. The number of halogens is 4. The number of aromatic nitrogens is 1. The van der Waals surface area contributed by atoms with Crippen LogP contribution in [0.1, 0.15) is 70.2 Å². The van der Waals surface area contributed by atoms with Gasteiger partial charge in [0.05, 0.1) is 11.3 Å². The first-order valence-corrected chi connectivity index (χ1v) is 12.2. The molecule has 0 saturated carbocycles. The van der Waals surface area contributed by atoms with Crippen molar-refractivity contribution in [2.45, 2.75) is 96.9 Å². The molecular formula is C25H33ClF3N3O3. The van der Waals surface area contributed by atoms with E-state index in [0.717, 1.165) is 25.0 Å². The van der Waals surface area contributed by atoms with Crippen LogP contribution in [0.4, 0.5) is 19.2 Å². The molecule has 1 aromatic heterocycles.